The zero-order valence-corrected chi connectivity index (χ0v) is 13.6. The van der Waals surface area contributed by atoms with Crippen molar-refractivity contribution in [3.63, 3.8) is 0 Å². The topological polar surface area (TPSA) is 68.9 Å². The molecule has 1 N–H and O–H groups in total. The first-order valence-corrected chi connectivity index (χ1v) is 7.77. The van der Waals surface area contributed by atoms with Crippen LogP contribution in [0.15, 0.2) is 36.7 Å². The second-order valence-electron chi connectivity index (χ2n) is 4.87. The van der Waals surface area contributed by atoms with Crippen LogP contribution in [0.3, 0.4) is 0 Å². The minimum Gasteiger partial charge on any atom is -0.506 e. The van der Waals surface area contributed by atoms with Gasteiger partial charge in [0.1, 0.15) is 11.4 Å². The maximum absolute atomic E-state index is 13.0. The van der Waals surface area contributed by atoms with Crippen LogP contribution >= 0.6 is 12.3 Å². The first kappa shape index (κ1) is 17.4. The van der Waals surface area contributed by atoms with Crippen LogP contribution in [0.5, 0.6) is 11.6 Å². The van der Waals surface area contributed by atoms with Gasteiger partial charge in [0.25, 0.3) is 0 Å². The smallest absolute Gasteiger partial charge is 0.417 e. The highest BCUT2D eigenvalue weighted by molar-refractivity contribution is 7.90. The minimum absolute atomic E-state index is 0.0396. The van der Waals surface area contributed by atoms with Crippen LogP contribution in [0.2, 0.25) is 0 Å². The number of halogens is 3. The predicted molar refractivity (Wildman–Crippen MR) is 84.9 cm³/mol. The number of fused-ring (bicyclic) bond motifs is 1. The van der Waals surface area contributed by atoms with Crippen LogP contribution in [0.25, 0.3) is 17.0 Å². The van der Waals surface area contributed by atoms with Gasteiger partial charge in [-0.25, -0.2) is 4.98 Å². The van der Waals surface area contributed by atoms with Gasteiger partial charge in [-0.15, -0.1) is 0 Å². The molecular weight excluding hydrogens is 359 g/mol. The largest absolute Gasteiger partial charge is 0.506 e. The molecule has 10 heteroatoms. The van der Waals surface area contributed by atoms with E-state index in [9.17, 15) is 18.3 Å². The van der Waals surface area contributed by atoms with Gasteiger partial charge in [0.05, 0.1) is 24.1 Å². The Morgan fingerprint density at radius 1 is 1.24 bits per heavy atom. The summed E-state index contributed by atoms with van der Waals surface area (Å²) in [4.78, 5) is 8.30. The van der Waals surface area contributed by atoms with Gasteiger partial charge in [0.2, 0.25) is 18.2 Å². The SMILES string of the molecule is CCOSOc1c(-c2ccc(O)cn2)nc2ccc(C(F)(F)F)cn12. The zero-order valence-electron chi connectivity index (χ0n) is 12.8. The van der Waals surface area contributed by atoms with Gasteiger partial charge >= 0.3 is 6.18 Å². The van der Waals surface area contributed by atoms with E-state index in [1.807, 2.05) is 0 Å². The third kappa shape index (κ3) is 3.64. The van der Waals surface area contributed by atoms with Crippen molar-refractivity contribution in [1.82, 2.24) is 14.4 Å². The van der Waals surface area contributed by atoms with Gasteiger partial charge in [0.15, 0.2) is 5.69 Å². The molecule has 3 heterocycles. The van der Waals surface area contributed by atoms with Crippen molar-refractivity contribution >= 4 is 18.0 Å². The fourth-order valence-corrected chi connectivity index (χ4v) is 2.44. The van der Waals surface area contributed by atoms with E-state index in [0.717, 1.165) is 12.3 Å². The normalized spacial score (nSPS) is 11.8. The molecule has 0 unspecified atom stereocenters. The molecule has 0 radical (unpaired) electrons. The summed E-state index contributed by atoms with van der Waals surface area (Å²) in [6.45, 7) is 2.09. The number of imidazole rings is 1. The molecule has 0 aliphatic rings. The van der Waals surface area contributed by atoms with Crippen LogP contribution in [-0.4, -0.2) is 26.1 Å². The lowest BCUT2D eigenvalue weighted by molar-refractivity contribution is -0.137. The number of aromatic hydroxyl groups is 1. The van der Waals surface area contributed by atoms with Gasteiger partial charge in [-0.3, -0.25) is 13.6 Å². The molecule has 0 aliphatic carbocycles. The molecule has 0 fully saturated rings. The first-order valence-electron chi connectivity index (χ1n) is 7.11. The minimum atomic E-state index is -4.50. The van der Waals surface area contributed by atoms with Crippen molar-refractivity contribution in [3.05, 3.63) is 42.2 Å². The lowest BCUT2D eigenvalue weighted by Crippen LogP contribution is -2.06. The Hall–Kier alpha value is -2.46. The quantitative estimate of drug-likeness (QED) is 0.538. The van der Waals surface area contributed by atoms with Crippen molar-refractivity contribution in [3.8, 4) is 23.0 Å². The summed E-state index contributed by atoms with van der Waals surface area (Å²) in [5.41, 5.74) is -0.0208. The van der Waals surface area contributed by atoms with Crippen LogP contribution in [-0.2, 0) is 10.4 Å². The standard InChI is InChI=1S/C15H12F3N3O3S/c1-2-23-25-24-14-13(11-5-4-10(22)7-19-11)20-12-6-3-9(8-21(12)14)15(16,17)18/h3-8,22H,2H2,1H3. The maximum Gasteiger partial charge on any atom is 0.417 e. The summed E-state index contributed by atoms with van der Waals surface area (Å²) < 4.78 is 50.6. The predicted octanol–water partition coefficient (Wildman–Crippen LogP) is 4.10. The average molecular weight is 371 g/mol. The van der Waals surface area contributed by atoms with Crippen LogP contribution in [0, 0.1) is 0 Å². The van der Waals surface area contributed by atoms with Crippen LogP contribution in [0.4, 0.5) is 13.2 Å². The zero-order chi connectivity index (χ0) is 18.0. The van der Waals surface area contributed by atoms with E-state index < -0.39 is 11.7 Å². The van der Waals surface area contributed by atoms with E-state index in [1.165, 1.54) is 28.8 Å². The third-order valence-electron chi connectivity index (χ3n) is 3.17. The highest BCUT2D eigenvalue weighted by atomic mass is 32.2. The Balaban J connectivity index is 2.14. The summed E-state index contributed by atoms with van der Waals surface area (Å²) in [6, 6.07) is 5.06. The molecule has 0 amide bonds. The fraction of sp³-hybridized carbons (Fsp3) is 0.200. The van der Waals surface area contributed by atoms with E-state index >= 15 is 0 Å². The van der Waals surface area contributed by atoms with Gasteiger partial charge in [-0.1, -0.05) is 0 Å². The summed E-state index contributed by atoms with van der Waals surface area (Å²) >= 11 is 0.632. The molecule has 3 rings (SSSR count). The van der Waals surface area contributed by atoms with Gasteiger partial charge in [-0.05, 0) is 31.2 Å². The fourth-order valence-electron chi connectivity index (χ4n) is 2.07. The van der Waals surface area contributed by atoms with Crippen LogP contribution < -0.4 is 4.18 Å². The van der Waals surface area contributed by atoms with Crippen molar-refractivity contribution in [1.29, 1.82) is 0 Å². The summed E-state index contributed by atoms with van der Waals surface area (Å²) in [7, 11) is 0. The Morgan fingerprint density at radius 2 is 2.04 bits per heavy atom. The van der Waals surface area contributed by atoms with Gasteiger partial charge in [-0.2, -0.15) is 13.2 Å². The molecule has 0 atom stereocenters. The number of hydrogen-bond acceptors (Lipinski definition) is 6. The molecule has 3 aromatic rings. The van der Waals surface area contributed by atoms with E-state index in [2.05, 4.69) is 9.97 Å². The van der Waals surface area contributed by atoms with Crippen molar-refractivity contribution in [2.24, 2.45) is 0 Å². The molecule has 0 spiro atoms. The average Bonchev–Trinajstić information content (AvgIpc) is 2.93. The molecule has 6 nitrogen and oxygen atoms in total. The van der Waals surface area contributed by atoms with Gasteiger partial charge in [0, 0.05) is 6.20 Å². The highest BCUT2D eigenvalue weighted by Gasteiger charge is 2.31. The Morgan fingerprint density at radius 3 is 2.68 bits per heavy atom. The van der Waals surface area contributed by atoms with E-state index in [1.54, 1.807) is 6.92 Å². The molecule has 3 aromatic heterocycles. The second kappa shape index (κ2) is 6.81. The number of nitrogens with zero attached hydrogens (tertiary/aromatic N) is 3. The Bertz CT molecular complexity index is 881. The number of pyridine rings is 2. The molecule has 132 valence electrons. The maximum atomic E-state index is 13.0. The Labute approximate surface area is 144 Å². The van der Waals surface area contributed by atoms with E-state index in [-0.39, 0.29) is 23.0 Å². The lowest BCUT2D eigenvalue weighted by Gasteiger charge is -2.08. The molecule has 25 heavy (non-hydrogen) atoms. The van der Waals surface area contributed by atoms with E-state index in [0.29, 0.717) is 24.6 Å². The van der Waals surface area contributed by atoms with Crippen molar-refractivity contribution in [2.75, 3.05) is 6.61 Å². The highest BCUT2D eigenvalue weighted by Crippen LogP contribution is 2.35. The Kier molecular flexibility index (Phi) is 4.73. The molecular formula is C15H12F3N3O3S. The number of rotatable bonds is 5. The van der Waals surface area contributed by atoms with Crippen molar-refractivity contribution < 1.29 is 26.6 Å². The molecule has 0 saturated heterocycles. The molecule has 0 bridgehead atoms. The van der Waals surface area contributed by atoms with E-state index in [4.69, 9.17) is 8.37 Å². The number of hydrogen-bond donors (Lipinski definition) is 1. The molecule has 0 aromatic carbocycles. The van der Waals surface area contributed by atoms with Crippen molar-refractivity contribution in [2.45, 2.75) is 13.1 Å². The van der Waals surface area contributed by atoms with Crippen LogP contribution in [0.1, 0.15) is 12.5 Å². The second-order valence-corrected chi connectivity index (χ2v) is 5.41. The molecule has 0 aliphatic heterocycles. The third-order valence-corrected chi connectivity index (χ3v) is 3.73. The molecule has 0 saturated carbocycles. The monoisotopic (exact) mass is 371 g/mol. The first-order chi connectivity index (χ1) is 11.9. The summed E-state index contributed by atoms with van der Waals surface area (Å²) in [5.74, 6) is -0.00392. The summed E-state index contributed by atoms with van der Waals surface area (Å²) in [6.07, 6.45) is -2.40. The number of alkyl halides is 3. The number of aromatic nitrogens is 3. The van der Waals surface area contributed by atoms with Gasteiger partial charge < -0.3 is 9.29 Å². The summed E-state index contributed by atoms with van der Waals surface area (Å²) in [5, 5.41) is 9.34. The lowest BCUT2D eigenvalue weighted by atomic mass is 10.3.